The second-order valence-electron chi connectivity index (χ2n) is 5.87. The molecule has 2 heterocycles. The number of para-hydroxylation sites is 1. The predicted molar refractivity (Wildman–Crippen MR) is 92.1 cm³/mol. The average molecular weight is 289 g/mol. The third-order valence-electron chi connectivity index (χ3n) is 4.37. The number of imidazole rings is 1. The van der Waals surface area contributed by atoms with E-state index in [2.05, 4.69) is 70.3 Å². The van der Waals surface area contributed by atoms with Crippen LogP contribution in [0.1, 0.15) is 17.5 Å². The van der Waals surface area contributed by atoms with Gasteiger partial charge in [-0.2, -0.15) is 0 Å². The van der Waals surface area contributed by atoms with Crippen LogP contribution in [0.5, 0.6) is 0 Å². The van der Waals surface area contributed by atoms with Crippen LogP contribution in [0.15, 0.2) is 54.9 Å². The largest absolute Gasteiger partial charge is 0.367 e. The molecule has 0 unspecified atom stereocenters. The fourth-order valence-electron chi connectivity index (χ4n) is 3.20. The number of aryl methyl sites for hydroxylation is 1. The van der Waals surface area contributed by atoms with Gasteiger partial charge in [0.2, 0.25) is 0 Å². The van der Waals surface area contributed by atoms with E-state index in [1.165, 1.54) is 22.4 Å². The number of H-pyrrole nitrogens is 1. The minimum atomic E-state index is 0.958. The van der Waals surface area contributed by atoms with E-state index in [0.717, 1.165) is 30.5 Å². The molecule has 3 heteroatoms. The molecule has 3 aromatic rings. The van der Waals surface area contributed by atoms with Crippen molar-refractivity contribution in [2.75, 3.05) is 18.0 Å². The van der Waals surface area contributed by atoms with Crippen LogP contribution in [-0.4, -0.2) is 23.1 Å². The van der Waals surface area contributed by atoms with Crippen LogP contribution in [0.25, 0.3) is 16.6 Å². The minimum Gasteiger partial charge on any atom is -0.367 e. The molecule has 0 amide bonds. The molecule has 0 spiro atoms. The summed E-state index contributed by atoms with van der Waals surface area (Å²) in [5, 5.41) is 0. The van der Waals surface area contributed by atoms with E-state index in [-0.39, 0.29) is 0 Å². The smallest absolute Gasteiger partial charge is 0.0957 e. The number of nitrogens with zero attached hydrogens (tertiary/aromatic N) is 2. The van der Waals surface area contributed by atoms with Crippen LogP contribution in [-0.2, 0) is 0 Å². The molecule has 3 nitrogen and oxygen atoms in total. The van der Waals surface area contributed by atoms with Gasteiger partial charge >= 0.3 is 0 Å². The summed E-state index contributed by atoms with van der Waals surface area (Å²) in [5.41, 5.74) is 7.49. The zero-order valence-corrected chi connectivity index (χ0v) is 12.7. The van der Waals surface area contributed by atoms with Crippen molar-refractivity contribution in [3.05, 3.63) is 66.0 Å². The van der Waals surface area contributed by atoms with Crippen molar-refractivity contribution >= 4 is 22.3 Å². The van der Waals surface area contributed by atoms with Gasteiger partial charge in [0.15, 0.2) is 0 Å². The van der Waals surface area contributed by atoms with E-state index in [1.54, 1.807) is 6.33 Å². The number of anilines is 1. The summed E-state index contributed by atoms with van der Waals surface area (Å²) < 4.78 is 0. The second-order valence-corrected chi connectivity index (χ2v) is 5.87. The van der Waals surface area contributed by atoms with Gasteiger partial charge in [-0.05, 0) is 42.7 Å². The molecule has 0 saturated carbocycles. The Labute approximate surface area is 130 Å². The zero-order valence-electron chi connectivity index (χ0n) is 12.7. The van der Waals surface area contributed by atoms with Gasteiger partial charge in [0.1, 0.15) is 0 Å². The monoisotopic (exact) mass is 289 g/mol. The second kappa shape index (κ2) is 5.34. The average Bonchev–Trinajstić information content (AvgIpc) is 3.04. The molecule has 0 aliphatic carbocycles. The van der Waals surface area contributed by atoms with Crippen molar-refractivity contribution in [3.8, 4) is 0 Å². The Kier molecular flexibility index (Phi) is 3.19. The van der Waals surface area contributed by atoms with Crippen molar-refractivity contribution in [2.24, 2.45) is 0 Å². The van der Waals surface area contributed by atoms with Crippen LogP contribution in [0.3, 0.4) is 0 Å². The van der Waals surface area contributed by atoms with Crippen molar-refractivity contribution in [2.45, 2.75) is 13.3 Å². The summed E-state index contributed by atoms with van der Waals surface area (Å²) in [6.07, 6.45) is 5.17. The molecule has 1 aliphatic rings. The van der Waals surface area contributed by atoms with Gasteiger partial charge in [0.25, 0.3) is 0 Å². The highest BCUT2D eigenvalue weighted by atomic mass is 15.1. The van der Waals surface area contributed by atoms with E-state index in [0.29, 0.717) is 0 Å². The molecular formula is C19H19N3. The lowest BCUT2D eigenvalue weighted by atomic mass is 9.98. The molecule has 0 fully saturated rings. The van der Waals surface area contributed by atoms with Gasteiger partial charge in [0, 0.05) is 24.3 Å². The highest BCUT2D eigenvalue weighted by Gasteiger charge is 2.15. The van der Waals surface area contributed by atoms with Gasteiger partial charge in [0.05, 0.1) is 17.4 Å². The van der Waals surface area contributed by atoms with Crippen LogP contribution >= 0.6 is 0 Å². The number of aromatic amines is 1. The Morgan fingerprint density at radius 2 is 2.05 bits per heavy atom. The summed E-state index contributed by atoms with van der Waals surface area (Å²) in [7, 11) is 0. The van der Waals surface area contributed by atoms with E-state index in [1.807, 2.05) is 0 Å². The summed E-state index contributed by atoms with van der Waals surface area (Å²) >= 11 is 0. The molecule has 4 rings (SSSR count). The molecule has 0 radical (unpaired) electrons. The minimum absolute atomic E-state index is 0.958. The molecule has 1 aromatic heterocycles. The quantitative estimate of drug-likeness (QED) is 0.768. The highest BCUT2D eigenvalue weighted by molar-refractivity contribution is 5.89. The van der Waals surface area contributed by atoms with Crippen LogP contribution < -0.4 is 4.90 Å². The molecule has 0 saturated heterocycles. The molecule has 0 bridgehead atoms. The lowest BCUT2D eigenvalue weighted by molar-refractivity contribution is 0.832. The highest BCUT2D eigenvalue weighted by Crippen LogP contribution is 2.29. The molecule has 110 valence electrons. The van der Waals surface area contributed by atoms with Crippen LogP contribution in [0.2, 0.25) is 0 Å². The first-order chi connectivity index (χ1) is 10.8. The number of rotatable bonds is 2. The first kappa shape index (κ1) is 13.1. The first-order valence-electron chi connectivity index (χ1n) is 7.74. The summed E-state index contributed by atoms with van der Waals surface area (Å²) in [4.78, 5) is 10.1. The van der Waals surface area contributed by atoms with Crippen molar-refractivity contribution in [3.63, 3.8) is 0 Å². The van der Waals surface area contributed by atoms with Gasteiger partial charge < -0.3 is 9.88 Å². The topological polar surface area (TPSA) is 31.9 Å². The fourth-order valence-corrected chi connectivity index (χ4v) is 3.20. The SMILES string of the molecule is Cc1cccc(N2CC=C(c3cccc4[nH]cnc34)CC2)c1. The summed E-state index contributed by atoms with van der Waals surface area (Å²) in [6, 6.07) is 15.1. The number of aromatic nitrogens is 2. The summed E-state index contributed by atoms with van der Waals surface area (Å²) in [6.45, 7) is 4.16. The Hall–Kier alpha value is -2.55. The fraction of sp³-hybridized carbons (Fsp3) is 0.211. The van der Waals surface area contributed by atoms with Crippen molar-refractivity contribution in [1.82, 2.24) is 9.97 Å². The molecule has 1 N–H and O–H groups in total. The maximum Gasteiger partial charge on any atom is 0.0957 e. The van der Waals surface area contributed by atoms with Crippen molar-refractivity contribution < 1.29 is 0 Å². The Balaban J connectivity index is 1.63. The Morgan fingerprint density at radius 3 is 2.86 bits per heavy atom. The van der Waals surface area contributed by atoms with Gasteiger partial charge in [-0.3, -0.25) is 0 Å². The van der Waals surface area contributed by atoms with Crippen LogP contribution in [0.4, 0.5) is 5.69 Å². The number of benzene rings is 2. The van der Waals surface area contributed by atoms with Gasteiger partial charge in [-0.25, -0.2) is 4.98 Å². The maximum absolute atomic E-state index is 4.47. The third kappa shape index (κ3) is 2.29. The molecule has 0 atom stereocenters. The van der Waals surface area contributed by atoms with E-state index < -0.39 is 0 Å². The first-order valence-corrected chi connectivity index (χ1v) is 7.74. The third-order valence-corrected chi connectivity index (χ3v) is 4.37. The lowest BCUT2D eigenvalue weighted by Crippen LogP contribution is -2.28. The number of hydrogen-bond acceptors (Lipinski definition) is 2. The standard InChI is InChI=1S/C19H19N3/c1-14-4-2-5-16(12-14)22-10-8-15(9-11-22)17-6-3-7-18-19(17)21-13-20-18/h2-8,12-13H,9-11H2,1H3,(H,20,21). The predicted octanol–water partition coefficient (Wildman–Crippen LogP) is 4.17. The molecule has 22 heavy (non-hydrogen) atoms. The van der Waals surface area contributed by atoms with Gasteiger partial charge in [-0.15, -0.1) is 0 Å². The number of fused-ring (bicyclic) bond motifs is 1. The number of nitrogens with one attached hydrogen (secondary N) is 1. The van der Waals surface area contributed by atoms with E-state index in [9.17, 15) is 0 Å². The molecule has 2 aromatic carbocycles. The van der Waals surface area contributed by atoms with Crippen LogP contribution in [0, 0.1) is 6.92 Å². The lowest BCUT2D eigenvalue weighted by Gasteiger charge is -2.29. The molecular weight excluding hydrogens is 270 g/mol. The zero-order chi connectivity index (χ0) is 14.9. The Morgan fingerprint density at radius 1 is 1.14 bits per heavy atom. The van der Waals surface area contributed by atoms with Gasteiger partial charge in [-0.1, -0.05) is 30.3 Å². The van der Waals surface area contributed by atoms with E-state index in [4.69, 9.17) is 0 Å². The maximum atomic E-state index is 4.47. The van der Waals surface area contributed by atoms with E-state index >= 15 is 0 Å². The summed E-state index contributed by atoms with van der Waals surface area (Å²) in [5.74, 6) is 0. The Bertz CT molecular complexity index is 845. The number of hydrogen-bond donors (Lipinski definition) is 1. The molecule has 1 aliphatic heterocycles. The van der Waals surface area contributed by atoms with Crippen molar-refractivity contribution in [1.29, 1.82) is 0 Å². The normalized spacial score (nSPS) is 15.1.